The molecule has 0 saturated carbocycles. The number of nitrogens with zero attached hydrogens (tertiary/aromatic N) is 2. The van der Waals surface area contributed by atoms with Gasteiger partial charge in [-0.1, -0.05) is 24.3 Å². The van der Waals surface area contributed by atoms with Crippen molar-refractivity contribution in [3.05, 3.63) is 80.7 Å². The summed E-state index contributed by atoms with van der Waals surface area (Å²) in [5.74, 6) is 0.512. The maximum Gasteiger partial charge on any atom is 0.250 e. The van der Waals surface area contributed by atoms with Gasteiger partial charge in [0.1, 0.15) is 5.82 Å². The van der Waals surface area contributed by atoms with Crippen molar-refractivity contribution in [2.24, 2.45) is 5.92 Å². The largest absolute Gasteiger partial charge is 0.311 e. The molecule has 4 heterocycles. The predicted octanol–water partition coefficient (Wildman–Crippen LogP) is 4.34. The van der Waals surface area contributed by atoms with Gasteiger partial charge in [0, 0.05) is 59.9 Å². The molecule has 2 bridgehead atoms. The number of benzene rings is 1. The SMILES string of the molecule is O=c1ccc(-c2ccccc2F)c2n1CC1CC2CN(Cc2cccs2)C1. The molecule has 0 spiro atoms. The van der Waals surface area contributed by atoms with Crippen molar-refractivity contribution in [3.63, 3.8) is 0 Å². The van der Waals surface area contributed by atoms with Crippen molar-refractivity contribution in [1.82, 2.24) is 9.47 Å². The van der Waals surface area contributed by atoms with E-state index in [2.05, 4.69) is 22.4 Å². The first-order chi connectivity index (χ1) is 13.2. The van der Waals surface area contributed by atoms with E-state index >= 15 is 0 Å². The number of hydrogen-bond acceptors (Lipinski definition) is 3. The highest BCUT2D eigenvalue weighted by atomic mass is 32.1. The third-order valence-electron chi connectivity index (χ3n) is 5.79. The van der Waals surface area contributed by atoms with E-state index < -0.39 is 0 Å². The molecule has 138 valence electrons. The molecule has 0 radical (unpaired) electrons. The summed E-state index contributed by atoms with van der Waals surface area (Å²) in [6.07, 6.45) is 1.08. The van der Waals surface area contributed by atoms with Crippen molar-refractivity contribution < 1.29 is 4.39 Å². The zero-order chi connectivity index (χ0) is 18.4. The highest BCUT2D eigenvalue weighted by Crippen LogP contribution is 2.40. The van der Waals surface area contributed by atoms with Crippen LogP contribution in [0.3, 0.4) is 0 Å². The molecular weight excluding hydrogens is 359 g/mol. The molecule has 1 saturated heterocycles. The van der Waals surface area contributed by atoms with E-state index in [-0.39, 0.29) is 17.3 Å². The second-order valence-electron chi connectivity index (χ2n) is 7.63. The second-order valence-corrected chi connectivity index (χ2v) is 8.67. The number of halogens is 1. The van der Waals surface area contributed by atoms with Crippen LogP contribution in [-0.2, 0) is 13.1 Å². The average molecular weight is 380 g/mol. The molecule has 5 rings (SSSR count). The minimum absolute atomic E-state index is 0.0338. The van der Waals surface area contributed by atoms with E-state index in [0.717, 1.165) is 43.9 Å². The molecule has 1 fully saturated rings. The van der Waals surface area contributed by atoms with Crippen LogP contribution in [0.4, 0.5) is 4.39 Å². The Morgan fingerprint density at radius 2 is 1.89 bits per heavy atom. The predicted molar refractivity (Wildman–Crippen MR) is 107 cm³/mol. The maximum absolute atomic E-state index is 14.5. The lowest BCUT2D eigenvalue weighted by Gasteiger charge is -2.43. The van der Waals surface area contributed by atoms with E-state index in [9.17, 15) is 9.18 Å². The third kappa shape index (κ3) is 3.05. The summed E-state index contributed by atoms with van der Waals surface area (Å²) >= 11 is 1.79. The molecule has 0 aliphatic carbocycles. The first kappa shape index (κ1) is 16.9. The standard InChI is InChI=1S/C22H21FN2OS/c23-20-6-2-1-5-18(20)19-7-8-21(26)25-12-15-10-16(22(19)25)13-24(11-15)14-17-4-3-9-27-17/h1-9,15-16H,10-14H2. The molecule has 2 aliphatic rings. The van der Waals surface area contributed by atoms with Crippen molar-refractivity contribution in [2.75, 3.05) is 13.1 Å². The number of thiophene rings is 1. The first-order valence-electron chi connectivity index (χ1n) is 9.42. The van der Waals surface area contributed by atoms with E-state index in [0.29, 0.717) is 11.5 Å². The fourth-order valence-electron chi connectivity index (χ4n) is 4.77. The number of aromatic nitrogens is 1. The number of likely N-dealkylation sites (tertiary alicyclic amines) is 1. The van der Waals surface area contributed by atoms with Gasteiger partial charge in [0.15, 0.2) is 0 Å². The van der Waals surface area contributed by atoms with Crippen molar-refractivity contribution in [2.45, 2.75) is 25.4 Å². The Balaban J connectivity index is 1.56. The Morgan fingerprint density at radius 3 is 2.70 bits per heavy atom. The van der Waals surface area contributed by atoms with Gasteiger partial charge in [-0.05, 0) is 35.9 Å². The second kappa shape index (κ2) is 6.73. The monoisotopic (exact) mass is 380 g/mol. The molecule has 3 aromatic rings. The molecule has 0 N–H and O–H groups in total. The average Bonchev–Trinajstić information content (AvgIpc) is 3.16. The van der Waals surface area contributed by atoms with Crippen LogP contribution in [0.25, 0.3) is 11.1 Å². The van der Waals surface area contributed by atoms with Gasteiger partial charge < -0.3 is 4.57 Å². The molecule has 2 unspecified atom stereocenters. The van der Waals surface area contributed by atoms with Crippen LogP contribution in [0.5, 0.6) is 0 Å². The Hall–Kier alpha value is -2.24. The lowest BCUT2D eigenvalue weighted by atomic mass is 9.80. The van der Waals surface area contributed by atoms with Gasteiger partial charge in [-0.15, -0.1) is 11.3 Å². The number of pyridine rings is 1. The van der Waals surface area contributed by atoms with Gasteiger partial charge in [0.2, 0.25) is 0 Å². The minimum atomic E-state index is -0.229. The number of rotatable bonds is 3. The molecule has 2 aliphatic heterocycles. The summed E-state index contributed by atoms with van der Waals surface area (Å²) in [6, 6.07) is 14.5. The normalized spacial score (nSPS) is 21.8. The number of hydrogen-bond donors (Lipinski definition) is 0. The molecule has 5 heteroatoms. The summed E-state index contributed by atoms with van der Waals surface area (Å²) in [4.78, 5) is 16.4. The molecule has 3 nitrogen and oxygen atoms in total. The van der Waals surface area contributed by atoms with Crippen LogP contribution in [0.15, 0.2) is 58.7 Å². The van der Waals surface area contributed by atoms with E-state index in [1.165, 1.54) is 10.9 Å². The van der Waals surface area contributed by atoms with Gasteiger partial charge in [-0.2, -0.15) is 0 Å². The first-order valence-corrected chi connectivity index (χ1v) is 10.3. The summed E-state index contributed by atoms with van der Waals surface area (Å²) in [5, 5.41) is 2.12. The van der Waals surface area contributed by atoms with Crippen molar-refractivity contribution >= 4 is 11.3 Å². The zero-order valence-electron chi connectivity index (χ0n) is 15.0. The maximum atomic E-state index is 14.5. The van der Waals surface area contributed by atoms with Gasteiger partial charge in [0.25, 0.3) is 5.56 Å². The third-order valence-corrected chi connectivity index (χ3v) is 6.65. The zero-order valence-corrected chi connectivity index (χ0v) is 15.8. The molecule has 27 heavy (non-hydrogen) atoms. The Morgan fingerprint density at radius 1 is 1.00 bits per heavy atom. The van der Waals surface area contributed by atoms with E-state index in [1.54, 1.807) is 23.5 Å². The quantitative estimate of drug-likeness (QED) is 0.676. The Kier molecular flexibility index (Phi) is 4.21. The lowest BCUT2D eigenvalue weighted by molar-refractivity contribution is 0.115. The fourth-order valence-corrected chi connectivity index (χ4v) is 5.52. The topological polar surface area (TPSA) is 25.2 Å². The summed E-state index contributed by atoms with van der Waals surface area (Å²) < 4.78 is 16.4. The number of piperidine rings is 1. The summed E-state index contributed by atoms with van der Waals surface area (Å²) in [6.45, 7) is 3.62. The smallest absolute Gasteiger partial charge is 0.250 e. The summed E-state index contributed by atoms with van der Waals surface area (Å²) in [7, 11) is 0. The van der Waals surface area contributed by atoms with Crippen LogP contribution >= 0.6 is 11.3 Å². The molecule has 0 amide bonds. The Bertz CT molecular complexity index is 1030. The minimum Gasteiger partial charge on any atom is -0.311 e. The highest BCUT2D eigenvalue weighted by molar-refractivity contribution is 7.09. The molecule has 1 aromatic carbocycles. The van der Waals surface area contributed by atoms with E-state index in [4.69, 9.17) is 0 Å². The van der Waals surface area contributed by atoms with Crippen molar-refractivity contribution in [1.29, 1.82) is 0 Å². The molecule has 2 atom stereocenters. The fraction of sp³-hybridized carbons (Fsp3) is 0.318. The van der Waals surface area contributed by atoms with Crippen LogP contribution in [-0.4, -0.2) is 22.6 Å². The lowest BCUT2D eigenvalue weighted by Crippen LogP contribution is -2.46. The van der Waals surface area contributed by atoms with Crippen LogP contribution in [0.2, 0.25) is 0 Å². The summed E-state index contributed by atoms with van der Waals surface area (Å²) in [5.41, 5.74) is 2.51. The van der Waals surface area contributed by atoms with Gasteiger partial charge in [0.05, 0.1) is 0 Å². The van der Waals surface area contributed by atoms with Crippen LogP contribution in [0.1, 0.15) is 22.9 Å². The van der Waals surface area contributed by atoms with Crippen molar-refractivity contribution in [3.8, 4) is 11.1 Å². The Labute approximate surface area is 161 Å². The molecular formula is C22H21FN2OS. The molecule has 2 aromatic heterocycles. The van der Waals surface area contributed by atoms with Crippen LogP contribution < -0.4 is 5.56 Å². The number of fused-ring (bicyclic) bond motifs is 4. The van der Waals surface area contributed by atoms with E-state index in [1.807, 2.05) is 22.8 Å². The van der Waals surface area contributed by atoms with Crippen LogP contribution in [0, 0.1) is 11.7 Å². The van der Waals surface area contributed by atoms with Gasteiger partial charge in [-0.3, -0.25) is 9.69 Å². The highest BCUT2D eigenvalue weighted by Gasteiger charge is 2.36. The van der Waals surface area contributed by atoms with Gasteiger partial charge in [-0.25, -0.2) is 4.39 Å². The van der Waals surface area contributed by atoms with Gasteiger partial charge >= 0.3 is 0 Å².